The zero-order valence-corrected chi connectivity index (χ0v) is 10.7. The fraction of sp³-hybridized carbons (Fsp3) is 0.357. The third kappa shape index (κ3) is 4.72. The predicted octanol–water partition coefficient (Wildman–Crippen LogP) is 3.35. The van der Waals surface area contributed by atoms with Crippen molar-refractivity contribution < 1.29 is 14.3 Å². The average molecular weight is 234 g/mol. The van der Waals surface area contributed by atoms with Gasteiger partial charge >= 0.3 is 5.97 Å². The van der Waals surface area contributed by atoms with Crippen LogP contribution in [0, 0.1) is 0 Å². The molecule has 0 saturated carbocycles. The smallest absolute Gasteiger partial charge is 0.336 e. The van der Waals surface area contributed by atoms with Gasteiger partial charge in [0.25, 0.3) is 0 Å². The van der Waals surface area contributed by atoms with Gasteiger partial charge in [-0.2, -0.15) is 0 Å². The van der Waals surface area contributed by atoms with Crippen molar-refractivity contribution in [2.45, 2.75) is 33.8 Å². The Morgan fingerprint density at radius 2 is 1.76 bits per heavy atom. The molecule has 0 N–H and O–H groups in total. The van der Waals surface area contributed by atoms with E-state index in [0.29, 0.717) is 11.5 Å². The van der Waals surface area contributed by atoms with E-state index in [1.807, 2.05) is 33.8 Å². The first-order valence-corrected chi connectivity index (χ1v) is 5.61. The van der Waals surface area contributed by atoms with Crippen LogP contribution in [-0.2, 0) is 4.79 Å². The van der Waals surface area contributed by atoms with E-state index in [1.165, 1.54) is 6.08 Å². The number of para-hydroxylation sites is 2. The van der Waals surface area contributed by atoms with Crippen molar-refractivity contribution in [2.24, 2.45) is 0 Å². The summed E-state index contributed by atoms with van der Waals surface area (Å²) >= 11 is 0. The Balaban J connectivity index is 2.83. The Kier molecular flexibility index (Phi) is 4.76. The third-order valence-electron chi connectivity index (χ3n) is 1.83. The van der Waals surface area contributed by atoms with Gasteiger partial charge in [0.1, 0.15) is 0 Å². The molecule has 1 rings (SSSR count). The van der Waals surface area contributed by atoms with Gasteiger partial charge in [-0.05, 0) is 39.8 Å². The Bertz CT molecular complexity index is 415. The summed E-state index contributed by atoms with van der Waals surface area (Å²) in [5, 5.41) is 0. The van der Waals surface area contributed by atoms with Crippen molar-refractivity contribution in [2.75, 3.05) is 0 Å². The minimum Gasteiger partial charge on any atom is -0.487 e. The molecule has 0 fully saturated rings. The molecule has 0 spiro atoms. The number of carbonyl (C=O) groups excluding carboxylic acids is 1. The third-order valence-corrected chi connectivity index (χ3v) is 1.83. The zero-order chi connectivity index (χ0) is 12.8. The molecular formula is C14H18O3. The van der Waals surface area contributed by atoms with Crippen molar-refractivity contribution in [3.63, 3.8) is 0 Å². The van der Waals surface area contributed by atoms with E-state index >= 15 is 0 Å². The maximum Gasteiger partial charge on any atom is 0.336 e. The van der Waals surface area contributed by atoms with Gasteiger partial charge in [0.05, 0.1) is 6.10 Å². The number of hydrogen-bond donors (Lipinski definition) is 0. The van der Waals surface area contributed by atoms with Crippen LogP contribution in [0.15, 0.2) is 35.9 Å². The van der Waals surface area contributed by atoms with Gasteiger partial charge in [0, 0.05) is 6.08 Å². The topological polar surface area (TPSA) is 35.5 Å². The van der Waals surface area contributed by atoms with Gasteiger partial charge in [-0.1, -0.05) is 17.7 Å². The van der Waals surface area contributed by atoms with Gasteiger partial charge in [0.15, 0.2) is 11.5 Å². The lowest BCUT2D eigenvalue weighted by Crippen LogP contribution is -2.09. The van der Waals surface area contributed by atoms with Crippen LogP contribution in [0.25, 0.3) is 0 Å². The molecule has 0 aliphatic rings. The number of ether oxygens (including phenoxy) is 2. The average Bonchev–Trinajstić information content (AvgIpc) is 2.18. The number of rotatable bonds is 4. The molecule has 0 amide bonds. The Morgan fingerprint density at radius 1 is 1.18 bits per heavy atom. The quantitative estimate of drug-likeness (QED) is 0.455. The van der Waals surface area contributed by atoms with E-state index in [9.17, 15) is 4.79 Å². The van der Waals surface area contributed by atoms with Gasteiger partial charge in [-0.25, -0.2) is 4.79 Å². The maximum absolute atomic E-state index is 11.5. The standard InChI is InChI=1S/C14H18O3/c1-10(2)9-14(15)17-13-8-6-5-7-12(13)16-11(3)4/h5-9,11H,1-4H3. The minimum absolute atomic E-state index is 0.0401. The first-order chi connectivity index (χ1) is 7.99. The van der Waals surface area contributed by atoms with E-state index in [0.717, 1.165) is 5.57 Å². The molecule has 3 heteroatoms. The first-order valence-electron chi connectivity index (χ1n) is 5.61. The lowest BCUT2D eigenvalue weighted by Gasteiger charge is -2.13. The van der Waals surface area contributed by atoms with Crippen LogP contribution in [0.3, 0.4) is 0 Å². The summed E-state index contributed by atoms with van der Waals surface area (Å²) < 4.78 is 10.8. The highest BCUT2D eigenvalue weighted by molar-refractivity contribution is 5.85. The van der Waals surface area contributed by atoms with Crippen LogP contribution in [0.1, 0.15) is 27.7 Å². The summed E-state index contributed by atoms with van der Waals surface area (Å²) in [7, 11) is 0. The molecule has 0 aliphatic heterocycles. The van der Waals surface area contributed by atoms with Crippen molar-refractivity contribution in [3.05, 3.63) is 35.9 Å². The fourth-order valence-corrected chi connectivity index (χ4v) is 1.26. The van der Waals surface area contributed by atoms with E-state index in [2.05, 4.69) is 0 Å². The highest BCUT2D eigenvalue weighted by atomic mass is 16.6. The summed E-state index contributed by atoms with van der Waals surface area (Å²) in [6, 6.07) is 7.15. The van der Waals surface area contributed by atoms with Crippen LogP contribution >= 0.6 is 0 Å². The number of esters is 1. The molecule has 0 saturated heterocycles. The molecule has 92 valence electrons. The fourth-order valence-electron chi connectivity index (χ4n) is 1.26. The molecule has 0 radical (unpaired) electrons. The van der Waals surface area contributed by atoms with Crippen LogP contribution < -0.4 is 9.47 Å². The predicted molar refractivity (Wildman–Crippen MR) is 67.3 cm³/mol. The Hall–Kier alpha value is -1.77. The van der Waals surface area contributed by atoms with E-state index in [4.69, 9.17) is 9.47 Å². The van der Waals surface area contributed by atoms with Crippen molar-refractivity contribution >= 4 is 5.97 Å². The summed E-state index contributed by atoms with van der Waals surface area (Å²) in [4.78, 5) is 11.5. The number of benzene rings is 1. The molecule has 1 aromatic carbocycles. The Labute approximate surface area is 102 Å². The molecule has 0 heterocycles. The second kappa shape index (κ2) is 6.09. The van der Waals surface area contributed by atoms with Gasteiger partial charge in [-0.3, -0.25) is 0 Å². The number of allylic oxidation sites excluding steroid dienone is 1. The van der Waals surface area contributed by atoms with Crippen molar-refractivity contribution in [3.8, 4) is 11.5 Å². The lowest BCUT2D eigenvalue weighted by atomic mass is 10.3. The molecule has 0 atom stereocenters. The highest BCUT2D eigenvalue weighted by Crippen LogP contribution is 2.27. The number of carbonyl (C=O) groups is 1. The summed E-state index contributed by atoms with van der Waals surface area (Å²) in [5.74, 6) is 0.645. The monoisotopic (exact) mass is 234 g/mol. The molecule has 0 aromatic heterocycles. The largest absolute Gasteiger partial charge is 0.487 e. The first kappa shape index (κ1) is 13.3. The van der Waals surface area contributed by atoms with Crippen LogP contribution in [0.2, 0.25) is 0 Å². The summed E-state index contributed by atoms with van der Waals surface area (Å²) in [6.07, 6.45) is 1.49. The van der Waals surface area contributed by atoms with E-state index in [1.54, 1.807) is 18.2 Å². The number of hydrogen-bond acceptors (Lipinski definition) is 3. The Morgan fingerprint density at radius 3 is 2.29 bits per heavy atom. The van der Waals surface area contributed by atoms with Crippen LogP contribution in [-0.4, -0.2) is 12.1 Å². The maximum atomic E-state index is 11.5. The molecule has 17 heavy (non-hydrogen) atoms. The van der Waals surface area contributed by atoms with E-state index in [-0.39, 0.29) is 12.1 Å². The van der Waals surface area contributed by atoms with Crippen molar-refractivity contribution in [1.29, 1.82) is 0 Å². The normalized spacial score (nSPS) is 9.94. The summed E-state index contributed by atoms with van der Waals surface area (Å²) in [5.41, 5.74) is 0.900. The molecule has 3 nitrogen and oxygen atoms in total. The van der Waals surface area contributed by atoms with Crippen LogP contribution in [0.5, 0.6) is 11.5 Å². The van der Waals surface area contributed by atoms with Gasteiger partial charge in [0.2, 0.25) is 0 Å². The highest BCUT2D eigenvalue weighted by Gasteiger charge is 2.09. The minimum atomic E-state index is -0.384. The van der Waals surface area contributed by atoms with Crippen molar-refractivity contribution in [1.82, 2.24) is 0 Å². The molecule has 0 bridgehead atoms. The van der Waals surface area contributed by atoms with Crippen LogP contribution in [0.4, 0.5) is 0 Å². The second-order valence-corrected chi connectivity index (χ2v) is 4.26. The lowest BCUT2D eigenvalue weighted by molar-refractivity contribution is -0.129. The van der Waals surface area contributed by atoms with Gasteiger partial charge in [-0.15, -0.1) is 0 Å². The SMILES string of the molecule is CC(C)=CC(=O)Oc1ccccc1OC(C)C. The van der Waals surface area contributed by atoms with E-state index < -0.39 is 0 Å². The molecular weight excluding hydrogens is 216 g/mol. The molecule has 0 unspecified atom stereocenters. The molecule has 0 aliphatic carbocycles. The van der Waals surface area contributed by atoms with Gasteiger partial charge < -0.3 is 9.47 Å². The molecule has 1 aromatic rings. The second-order valence-electron chi connectivity index (χ2n) is 4.26. The summed E-state index contributed by atoms with van der Waals surface area (Å²) in [6.45, 7) is 7.54. The zero-order valence-electron chi connectivity index (χ0n) is 10.7.